The predicted octanol–water partition coefficient (Wildman–Crippen LogP) is 3.26. The van der Waals surface area contributed by atoms with Gasteiger partial charge in [0.1, 0.15) is 34.8 Å². The van der Waals surface area contributed by atoms with Gasteiger partial charge in [-0.15, -0.1) is 0 Å². The van der Waals surface area contributed by atoms with Crippen LogP contribution in [0.4, 0.5) is 10.2 Å². The maximum atomic E-state index is 14.4. The fraction of sp³-hybridized carbons (Fsp3) is 0.280. The van der Waals surface area contributed by atoms with Crippen molar-refractivity contribution in [1.29, 1.82) is 0 Å². The molecule has 1 aliphatic rings. The molecule has 1 fully saturated rings. The molecule has 0 aliphatic carbocycles. The highest BCUT2D eigenvalue weighted by Gasteiger charge is 2.40. The lowest BCUT2D eigenvalue weighted by Gasteiger charge is -2.23. The summed E-state index contributed by atoms with van der Waals surface area (Å²) in [6, 6.07) is 5.76. The number of halogens is 2. The number of likely N-dealkylation sites (tertiary alicyclic amines) is 1. The molecular weight excluding hydrogens is 575 g/mol. The predicted molar refractivity (Wildman–Crippen MR) is 140 cm³/mol. The van der Waals surface area contributed by atoms with Crippen LogP contribution < -0.4 is 10.1 Å². The number of fused-ring (bicyclic) bond motifs is 1. The molecule has 0 bridgehead atoms. The molecule has 0 saturated carbocycles. The van der Waals surface area contributed by atoms with Gasteiger partial charge < -0.3 is 15.0 Å². The number of alkyl halides is 1. The van der Waals surface area contributed by atoms with E-state index >= 15 is 0 Å². The number of rotatable bonds is 7. The minimum atomic E-state index is -1.37. The molecule has 12 nitrogen and oxygen atoms in total. The second kappa shape index (κ2) is 10.8. The van der Waals surface area contributed by atoms with E-state index < -0.39 is 24.0 Å². The second-order valence-corrected chi connectivity index (χ2v) is 9.75. The lowest BCUT2D eigenvalue weighted by molar-refractivity contribution is -0.137. The molecule has 1 saturated heterocycles. The minimum absolute atomic E-state index is 0.140. The number of carbonyl (C=O) groups excluding carboxylic acids is 3. The Morgan fingerprint density at radius 3 is 2.77 bits per heavy atom. The van der Waals surface area contributed by atoms with Crippen LogP contribution >= 0.6 is 15.9 Å². The number of Topliss-reactive ketones (excluding diaryl/α,β-unsaturated/α-hetero) is 1. The van der Waals surface area contributed by atoms with Crippen LogP contribution in [0.5, 0.6) is 11.8 Å². The molecule has 2 atom stereocenters. The molecule has 1 N–H and O–H groups in total. The molecule has 4 heterocycles. The smallest absolute Gasteiger partial charge is 0.322 e. The van der Waals surface area contributed by atoms with Crippen LogP contribution in [-0.2, 0) is 16.1 Å². The van der Waals surface area contributed by atoms with Crippen LogP contribution in [0.1, 0.15) is 29.5 Å². The van der Waals surface area contributed by atoms with Crippen LogP contribution in [0.25, 0.3) is 10.9 Å². The highest BCUT2D eigenvalue weighted by Crippen LogP contribution is 2.28. The third kappa shape index (κ3) is 5.74. The SMILES string of the molecule is CC(=O)c1nn(CC(=O)N2C[C@H](F)C[C@H]2C(=O)Nc2cncc(Br)n2)c2ccc(Oc3nccc(C)n3)cc12. The average molecular weight is 597 g/mol. The first-order valence-electron chi connectivity index (χ1n) is 11.9. The van der Waals surface area contributed by atoms with Crippen molar-refractivity contribution >= 4 is 50.2 Å². The Hall–Kier alpha value is -4.33. The summed E-state index contributed by atoms with van der Waals surface area (Å²) < 4.78 is 21.9. The first-order chi connectivity index (χ1) is 18.7. The summed E-state index contributed by atoms with van der Waals surface area (Å²) in [6.07, 6.45) is 2.84. The quantitative estimate of drug-likeness (QED) is 0.318. The standard InChI is InChI=1S/C25H22BrFN8O4/c1-13-5-6-29-25(30-13)39-16-3-4-18-17(8-16)23(14(2)36)33-35(18)12-22(37)34-11-15(27)7-19(34)24(38)32-21-10-28-9-20(26)31-21/h3-6,8-10,15,19H,7,11-12H2,1-2H3,(H,31,32,38)/t15-,19+/m1/s1. The van der Waals surface area contributed by atoms with E-state index in [0.29, 0.717) is 21.3 Å². The Morgan fingerprint density at radius 1 is 1.21 bits per heavy atom. The van der Waals surface area contributed by atoms with Crippen molar-refractivity contribution in [3.8, 4) is 11.8 Å². The number of hydrogen-bond donors (Lipinski definition) is 1. The lowest BCUT2D eigenvalue weighted by atomic mass is 10.1. The van der Waals surface area contributed by atoms with Gasteiger partial charge in [0.05, 0.1) is 24.5 Å². The van der Waals surface area contributed by atoms with Crippen LogP contribution in [-0.4, -0.2) is 71.0 Å². The van der Waals surface area contributed by atoms with E-state index in [2.05, 4.69) is 46.3 Å². The van der Waals surface area contributed by atoms with Crippen molar-refractivity contribution in [2.75, 3.05) is 11.9 Å². The molecule has 39 heavy (non-hydrogen) atoms. The van der Waals surface area contributed by atoms with Gasteiger partial charge in [0, 0.05) is 30.6 Å². The molecule has 3 aromatic heterocycles. The fourth-order valence-electron chi connectivity index (χ4n) is 4.32. The number of aromatic nitrogens is 6. The van der Waals surface area contributed by atoms with Gasteiger partial charge in [-0.05, 0) is 47.1 Å². The van der Waals surface area contributed by atoms with Crippen LogP contribution in [0, 0.1) is 6.92 Å². The van der Waals surface area contributed by atoms with Gasteiger partial charge in [0.2, 0.25) is 11.8 Å². The summed E-state index contributed by atoms with van der Waals surface area (Å²) in [4.78, 5) is 56.1. The lowest BCUT2D eigenvalue weighted by Crippen LogP contribution is -2.44. The Balaban J connectivity index is 1.38. The van der Waals surface area contributed by atoms with E-state index in [1.807, 2.05) is 0 Å². The van der Waals surface area contributed by atoms with E-state index in [1.54, 1.807) is 37.4 Å². The maximum Gasteiger partial charge on any atom is 0.322 e. The number of ether oxygens (including phenoxy) is 1. The van der Waals surface area contributed by atoms with Crippen LogP contribution in [0.15, 0.2) is 47.5 Å². The monoisotopic (exact) mass is 596 g/mol. The van der Waals surface area contributed by atoms with E-state index in [0.717, 1.165) is 5.69 Å². The highest BCUT2D eigenvalue weighted by atomic mass is 79.9. The normalized spacial score (nSPS) is 16.9. The van der Waals surface area contributed by atoms with Crippen molar-refractivity contribution in [3.63, 3.8) is 0 Å². The number of hydrogen-bond acceptors (Lipinski definition) is 9. The first-order valence-corrected chi connectivity index (χ1v) is 12.7. The summed E-state index contributed by atoms with van der Waals surface area (Å²) in [7, 11) is 0. The van der Waals surface area contributed by atoms with Crippen molar-refractivity contribution in [3.05, 3.63) is 58.8 Å². The average Bonchev–Trinajstić information content (AvgIpc) is 3.45. The molecule has 0 radical (unpaired) electrons. The summed E-state index contributed by atoms with van der Waals surface area (Å²) in [5, 5.41) is 7.39. The Kier molecular flexibility index (Phi) is 7.28. The second-order valence-electron chi connectivity index (χ2n) is 8.94. The van der Waals surface area contributed by atoms with Crippen molar-refractivity contribution < 1.29 is 23.5 Å². The third-order valence-corrected chi connectivity index (χ3v) is 6.43. The largest absolute Gasteiger partial charge is 0.424 e. The van der Waals surface area contributed by atoms with Crippen LogP contribution in [0.3, 0.4) is 0 Å². The molecule has 200 valence electrons. The van der Waals surface area contributed by atoms with Gasteiger partial charge in [0.25, 0.3) is 0 Å². The van der Waals surface area contributed by atoms with E-state index in [1.165, 1.54) is 28.9 Å². The first kappa shape index (κ1) is 26.3. The summed E-state index contributed by atoms with van der Waals surface area (Å²) in [5.41, 5.74) is 1.36. The number of aryl methyl sites for hydroxylation is 1. The molecular formula is C25H22BrFN8O4. The van der Waals surface area contributed by atoms with E-state index in [9.17, 15) is 18.8 Å². The Morgan fingerprint density at radius 2 is 2.03 bits per heavy atom. The van der Waals surface area contributed by atoms with Crippen molar-refractivity contribution in [2.45, 2.75) is 39.0 Å². The minimum Gasteiger partial charge on any atom is -0.424 e. The molecule has 5 rings (SSSR count). The number of carbonyl (C=O) groups is 3. The van der Waals surface area contributed by atoms with Gasteiger partial charge in [-0.25, -0.2) is 19.3 Å². The Labute approximate surface area is 229 Å². The summed E-state index contributed by atoms with van der Waals surface area (Å²) in [6.45, 7) is 2.62. The van der Waals surface area contributed by atoms with Gasteiger partial charge in [0.15, 0.2) is 11.6 Å². The molecule has 0 unspecified atom stereocenters. The molecule has 4 aromatic rings. The third-order valence-electron chi connectivity index (χ3n) is 6.05. The number of benzene rings is 1. The van der Waals surface area contributed by atoms with Crippen molar-refractivity contribution in [2.24, 2.45) is 0 Å². The van der Waals surface area contributed by atoms with Gasteiger partial charge in [-0.1, -0.05) is 0 Å². The number of amides is 2. The Bertz CT molecular complexity index is 1600. The maximum absolute atomic E-state index is 14.4. The van der Waals surface area contributed by atoms with Crippen LogP contribution in [0.2, 0.25) is 0 Å². The zero-order chi connectivity index (χ0) is 27.7. The number of ketones is 1. The molecule has 2 amide bonds. The summed E-state index contributed by atoms with van der Waals surface area (Å²) >= 11 is 3.18. The number of anilines is 1. The molecule has 1 aromatic carbocycles. The van der Waals surface area contributed by atoms with Gasteiger partial charge >= 0.3 is 6.01 Å². The molecule has 0 spiro atoms. The number of nitrogens with zero attached hydrogens (tertiary/aromatic N) is 7. The van der Waals surface area contributed by atoms with E-state index in [4.69, 9.17) is 4.74 Å². The fourth-order valence-corrected chi connectivity index (χ4v) is 4.63. The zero-order valence-electron chi connectivity index (χ0n) is 20.8. The van der Waals surface area contributed by atoms with Gasteiger partial charge in [-0.3, -0.25) is 24.0 Å². The van der Waals surface area contributed by atoms with Gasteiger partial charge in [-0.2, -0.15) is 5.10 Å². The highest BCUT2D eigenvalue weighted by molar-refractivity contribution is 9.10. The zero-order valence-corrected chi connectivity index (χ0v) is 22.4. The number of nitrogens with one attached hydrogen (secondary N) is 1. The molecule has 14 heteroatoms. The van der Waals surface area contributed by atoms with E-state index in [-0.39, 0.29) is 42.8 Å². The molecule has 1 aliphatic heterocycles. The van der Waals surface area contributed by atoms with Crippen molar-refractivity contribution in [1.82, 2.24) is 34.6 Å². The summed E-state index contributed by atoms with van der Waals surface area (Å²) in [5.74, 6) is -0.863. The topological polar surface area (TPSA) is 145 Å².